The van der Waals surface area contributed by atoms with E-state index in [2.05, 4.69) is 26.9 Å². The van der Waals surface area contributed by atoms with Gasteiger partial charge in [0.2, 0.25) is 0 Å². The van der Waals surface area contributed by atoms with Crippen LogP contribution in [0.3, 0.4) is 0 Å². The number of methoxy groups -OCH3 is 1. The maximum Gasteiger partial charge on any atom is 0.332 e. The highest BCUT2D eigenvalue weighted by Crippen LogP contribution is 2.21. The molecule has 1 N–H and O–H groups in total. The van der Waals surface area contributed by atoms with E-state index in [1.165, 1.54) is 17.3 Å². The lowest BCUT2D eigenvalue weighted by atomic mass is 10.2. The summed E-state index contributed by atoms with van der Waals surface area (Å²) in [6.45, 7) is 4.53. The summed E-state index contributed by atoms with van der Waals surface area (Å²) in [5.74, 6) is 1.58. The van der Waals surface area contributed by atoms with Crippen molar-refractivity contribution >= 4 is 16.9 Å². The Bertz CT molecular complexity index is 1200. The highest BCUT2D eigenvalue weighted by molar-refractivity contribution is 5.71. The van der Waals surface area contributed by atoms with E-state index in [1.54, 1.807) is 14.2 Å². The van der Waals surface area contributed by atoms with E-state index in [0.29, 0.717) is 30.7 Å². The summed E-state index contributed by atoms with van der Waals surface area (Å²) in [7, 11) is 4.77. The molecule has 2 aromatic heterocycles. The van der Waals surface area contributed by atoms with Gasteiger partial charge in [-0.2, -0.15) is 0 Å². The number of aryl methyl sites for hydroxylation is 2. The average molecular weight is 443 g/mol. The highest BCUT2D eigenvalue weighted by atomic mass is 16.5. The largest absolute Gasteiger partial charge is 0.497 e. The molecule has 0 amide bonds. The van der Waals surface area contributed by atoms with Gasteiger partial charge >= 0.3 is 5.69 Å². The van der Waals surface area contributed by atoms with Gasteiger partial charge in [-0.1, -0.05) is 0 Å². The molecule has 4 rings (SSSR count). The predicted octanol–water partition coefficient (Wildman–Crippen LogP) is 0.147. The maximum atomic E-state index is 12.8. The number of aromatic nitrogens is 4. The molecule has 32 heavy (non-hydrogen) atoms. The van der Waals surface area contributed by atoms with Crippen molar-refractivity contribution in [3.8, 4) is 5.75 Å². The highest BCUT2D eigenvalue weighted by Gasteiger charge is 2.23. The molecule has 0 atom stereocenters. The molecule has 1 aromatic carbocycles. The van der Waals surface area contributed by atoms with Crippen LogP contribution in [0.2, 0.25) is 0 Å². The summed E-state index contributed by atoms with van der Waals surface area (Å²) in [5.41, 5.74) is 1.22. The Morgan fingerprint density at radius 3 is 2.34 bits per heavy atom. The third kappa shape index (κ3) is 4.03. The molecule has 0 radical (unpaired) electrons. The first-order valence-electron chi connectivity index (χ1n) is 10.8. The minimum atomic E-state index is -0.394. The van der Waals surface area contributed by atoms with Crippen LogP contribution in [0, 0.1) is 0 Å². The first kappa shape index (κ1) is 22.1. The van der Waals surface area contributed by atoms with Gasteiger partial charge in [-0.15, -0.1) is 0 Å². The van der Waals surface area contributed by atoms with Crippen molar-refractivity contribution in [3.63, 3.8) is 0 Å². The minimum Gasteiger partial charge on any atom is -0.497 e. The molecule has 1 aliphatic rings. The van der Waals surface area contributed by atoms with Gasteiger partial charge in [-0.05, 0) is 30.7 Å². The molecule has 1 saturated heterocycles. The summed E-state index contributed by atoms with van der Waals surface area (Å²) in [5, 5.41) is 9.35. The SMILES string of the molecule is COc1ccc(N2CCN(Cc3nc4c(c(=O)n(C)c(=O)n4C)n3CCCO)CC2)cc1. The lowest BCUT2D eigenvalue weighted by molar-refractivity contribution is 0.238. The van der Waals surface area contributed by atoms with Crippen LogP contribution in [-0.2, 0) is 27.2 Å². The molecule has 0 unspecified atom stereocenters. The smallest absolute Gasteiger partial charge is 0.332 e. The Labute approximate surface area is 185 Å². The zero-order chi connectivity index (χ0) is 22.8. The Hall–Kier alpha value is -3.11. The van der Waals surface area contributed by atoms with Crippen LogP contribution in [0.15, 0.2) is 33.9 Å². The molecule has 1 aliphatic heterocycles. The quantitative estimate of drug-likeness (QED) is 0.556. The molecule has 3 heterocycles. The number of piperazine rings is 1. The molecule has 10 nitrogen and oxygen atoms in total. The molecule has 0 aliphatic carbocycles. The van der Waals surface area contributed by atoms with E-state index in [-0.39, 0.29) is 12.2 Å². The van der Waals surface area contributed by atoms with Gasteiger partial charge in [-0.3, -0.25) is 18.8 Å². The zero-order valence-electron chi connectivity index (χ0n) is 18.8. The number of aliphatic hydroxyl groups excluding tert-OH is 1. The number of nitrogens with zero attached hydrogens (tertiary/aromatic N) is 6. The molecule has 3 aromatic rings. The summed E-state index contributed by atoms with van der Waals surface area (Å²) >= 11 is 0. The normalized spacial score (nSPS) is 14.9. The van der Waals surface area contributed by atoms with Crippen LogP contribution >= 0.6 is 0 Å². The standard InChI is InChI=1S/C22H30N6O4/c1-24-20-19(21(30)25(2)22(24)31)28(9-4-14-29)18(23-20)15-26-10-12-27(13-11-26)16-5-7-17(32-3)8-6-16/h5-8,29H,4,9-15H2,1-3H3. The van der Waals surface area contributed by atoms with E-state index in [1.807, 2.05) is 16.7 Å². The van der Waals surface area contributed by atoms with E-state index in [0.717, 1.165) is 42.3 Å². The number of hydrogen-bond donors (Lipinski definition) is 1. The fourth-order valence-electron chi connectivity index (χ4n) is 4.24. The van der Waals surface area contributed by atoms with Crippen LogP contribution in [0.1, 0.15) is 12.2 Å². The number of aliphatic hydroxyl groups is 1. The first-order valence-corrected chi connectivity index (χ1v) is 10.8. The zero-order valence-corrected chi connectivity index (χ0v) is 18.8. The van der Waals surface area contributed by atoms with E-state index in [4.69, 9.17) is 4.74 Å². The number of fused-ring (bicyclic) bond motifs is 1. The Morgan fingerprint density at radius 1 is 1.03 bits per heavy atom. The van der Waals surface area contributed by atoms with Crippen molar-refractivity contribution in [2.75, 3.05) is 44.8 Å². The third-order valence-electron chi connectivity index (χ3n) is 6.14. The van der Waals surface area contributed by atoms with Gasteiger partial charge < -0.3 is 19.3 Å². The fourth-order valence-corrected chi connectivity index (χ4v) is 4.24. The molecule has 172 valence electrons. The lowest BCUT2D eigenvalue weighted by Gasteiger charge is -2.36. The number of rotatable bonds is 7. The van der Waals surface area contributed by atoms with E-state index in [9.17, 15) is 14.7 Å². The summed E-state index contributed by atoms with van der Waals surface area (Å²) in [6.07, 6.45) is 0.510. The molecule has 0 spiro atoms. The molecule has 0 saturated carbocycles. The van der Waals surface area contributed by atoms with Crippen molar-refractivity contribution in [1.82, 2.24) is 23.6 Å². The Balaban J connectivity index is 1.56. The van der Waals surface area contributed by atoms with Crippen molar-refractivity contribution in [2.24, 2.45) is 14.1 Å². The number of imidazole rings is 1. The van der Waals surface area contributed by atoms with Crippen LogP contribution in [-0.4, -0.2) is 68.6 Å². The monoisotopic (exact) mass is 442 g/mol. The molecular weight excluding hydrogens is 412 g/mol. The summed E-state index contributed by atoms with van der Waals surface area (Å²) < 4.78 is 9.63. The fraction of sp³-hybridized carbons (Fsp3) is 0.500. The average Bonchev–Trinajstić information content (AvgIpc) is 3.18. The van der Waals surface area contributed by atoms with Crippen LogP contribution in [0.25, 0.3) is 11.2 Å². The van der Waals surface area contributed by atoms with Crippen molar-refractivity contribution < 1.29 is 9.84 Å². The van der Waals surface area contributed by atoms with Crippen LogP contribution in [0.5, 0.6) is 5.75 Å². The predicted molar refractivity (Wildman–Crippen MR) is 122 cm³/mol. The second-order valence-electron chi connectivity index (χ2n) is 8.10. The third-order valence-corrected chi connectivity index (χ3v) is 6.14. The number of benzene rings is 1. The second kappa shape index (κ2) is 9.17. The van der Waals surface area contributed by atoms with Gasteiger partial charge in [0.1, 0.15) is 11.6 Å². The molecular formula is C22H30N6O4. The topological polar surface area (TPSA) is 97.8 Å². The Morgan fingerprint density at radius 2 is 1.72 bits per heavy atom. The van der Waals surface area contributed by atoms with Gasteiger partial charge in [0, 0.05) is 59.1 Å². The van der Waals surface area contributed by atoms with Crippen molar-refractivity contribution in [2.45, 2.75) is 19.5 Å². The van der Waals surface area contributed by atoms with Gasteiger partial charge in [0.05, 0.1) is 13.7 Å². The number of ether oxygens (including phenoxy) is 1. The molecule has 1 fully saturated rings. The minimum absolute atomic E-state index is 0.0196. The van der Waals surface area contributed by atoms with E-state index < -0.39 is 5.69 Å². The van der Waals surface area contributed by atoms with Gasteiger partial charge in [-0.25, -0.2) is 9.78 Å². The van der Waals surface area contributed by atoms with E-state index >= 15 is 0 Å². The summed E-state index contributed by atoms with van der Waals surface area (Å²) in [4.78, 5) is 34.5. The molecule has 0 bridgehead atoms. The number of hydrogen-bond acceptors (Lipinski definition) is 7. The lowest BCUT2D eigenvalue weighted by Crippen LogP contribution is -2.46. The first-order chi connectivity index (χ1) is 15.4. The maximum absolute atomic E-state index is 12.8. The number of anilines is 1. The molecule has 10 heteroatoms. The Kier molecular flexibility index (Phi) is 6.33. The van der Waals surface area contributed by atoms with Crippen LogP contribution in [0.4, 0.5) is 5.69 Å². The second-order valence-corrected chi connectivity index (χ2v) is 8.10. The van der Waals surface area contributed by atoms with Gasteiger partial charge in [0.15, 0.2) is 11.2 Å². The van der Waals surface area contributed by atoms with Crippen LogP contribution < -0.4 is 20.9 Å². The van der Waals surface area contributed by atoms with Crippen molar-refractivity contribution in [1.29, 1.82) is 0 Å². The van der Waals surface area contributed by atoms with Gasteiger partial charge in [0.25, 0.3) is 5.56 Å². The van der Waals surface area contributed by atoms with Crippen molar-refractivity contribution in [3.05, 3.63) is 50.9 Å². The summed E-state index contributed by atoms with van der Waals surface area (Å²) in [6, 6.07) is 8.07.